The summed E-state index contributed by atoms with van der Waals surface area (Å²) in [5, 5.41) is 2.78. The van der Waals surface area contributed by atoms with Crippen molar-refractivity contribution >= 4 is 27.4 Å². The molecule has 8 nitrogen and oxygen atoms in total. The molecule has 0 spiro atoms. The molecule has 3 aromatic carbocycles. The van der Waals surface area contributed by atoms with Crippen LogP contribution in [0.25, 0.3) is 0 Å². The van der Waals surface area contributed by atoms with Crippen LogP contribution in [0.3, 0.4) is 0 Å². The quantitative estimate of drug-likeness (QED) is 0.392. The molecule has 0 radical (unpaired) electrons. The highest BCUT2D eigenvalue weighted by Crippen LogP contribution is 2.34. The molecule has 0 saturated carbocycles. The maximum atomic E-state index is 13.3. The number of Topliss-reactive ketones (excluding diaryl/α,β-unsaturated/α-hetero) is 1. The molecule has 1 aliphatic rings. The molecule has 1 amide bonds. The first-order chi connectivity index (χ1) is 16.3. The van der Waals surface area contributed by atoms with E-state index in [1.807, 2.05) is 0 Å². The number of hydrogen-bond acceptors (Lipinski definition) is 6. The maximum absolute atomic E-state index is 13.3. The van der Waals surface area contributed by atoms with Crippen LogP contribution in [0.4, 0.5) is 5.69 Å². The molecule has 1 aliphatic heterocycles. The first kappa shape index (κ1) is 23.5. The summed E-state index contributed by atoms with van der Waals surface area (Å²) in [6.45, 7) is 0.105. The predicted octanol–water partition coefficient (Wildman–Crippen LogP) is 3.35. The van der Waals surface area contributed by atoms with E-state index in [0.29, 0.717) is 28.3 Å². The van der Waals surface area contributed by atoms with Gasteiger partial charge in [-0.05, 0) is 36.2 Å². The zero-order valence-corrected chi connectivity index (χ0v) is 19.5. The molecule has 34 heavy (non-hydrogen) atoms. The molecule has 1 atom stereocenters. The summed E-state index contributed by atoms with van der Waals surface area (Å²) in [5.74, 6) is -0.863. The molecule has 176 valence electrons. The van der Waals surface area contributed by atoms with E-state index in [2.05, 4.69) is 5.32 Å². The van der Waals surface area contributed by atoms with Gasteiger partial charge in [0.25, 0.3) is 0 Å². The Morgan fingerprint density at radius 2 is 1.68 bits per heavy atom. The molecule has 0 unspecified atom stereocenters. The third-order valence-electron chi connectivity index (χ3n) is 5.45. The van der Waals surface area contributed by atoms with Crippen LogP contribution in [-0.2, 0) is 21.2 Å². The van der Waals surface area contributed by atoms with Crippen molar-refractivity contribution in [2.45, 2.75) is 11.3 Å². The van der Waals surface area contributed by atoms with E-state index in [1.165, 1.54) is 26.2 Å². The summed E-state index contributed by atoms with van der Waals surface area (Å²) in [6.07, 6.45) is 0.0287. The number of nitrogens with one attached hydrogen (secondary N) is 1. The lowest BCUT2D eigenvalue weighted by molar-refractivity contribution is -0.118. The Balaban J connectivity index is 1.64. The van der Waals surface area contributed by atoms with Crippen LogP contribution >= 0.6 is 0 Å². The lowest BCUT2D eigenvalue weighted by atomic mass is 9.90. The van der Waals surface area contributed by atoms with E-state index in [9.17, 15) is 18.0 Å². The van der Waals surface area contributed by atoms with E-state index in [1.54, 1.807) is 60.7 Å². The largest absolute Gasteiger partial charge is 0.454 e. The number of nitrogens with zero attached hydrogens (tertiary/aromatic N) is 1. The van der Waals surface area contributed by atoms with Crippen LogP contribution < -0.4 is 14.8 Å². The Morgan fingerprint density at radius 1 is 0.941 bits per heavy atom. The van der Waals surface area contributed by atoms with Gasteiger partial charge in [-0.15, -0.1) is 0 Å². The number of anilines is 1. The maximum Gasteiger partial charge on any atom is 0.242 e. The second kappa shape index (κ2) is 9.66. The Hall–Kier alpha value is -3.69. The van der Waals surface area contributed by atoms with Crippen LogP contribution in [0.15, 0.2) is 77.7 Å². The van der Waals surface area contributed by atoms with Gasteiger partial charge in [-0.25, -0.2) is 12.7 Å². The molecule has 3 aromatic rings. The minimum absolute atomic E-state index is 0.0287. The highest BCUT2D eigenvalue weighted by atomic mass is 32.2. The average Bonchev–Trinajstić information content (AvgIpc) is 3.30. The summed E-state index contributed by atoms with van der Waals surface area (Å²) in [7, 11) is -0.766. The van der Waals surface area contributed by atoms with Gasteiger partial charge in [0.1, 0.15) is 5.92 Å². The third-order valence-corrected chi connectivity index (χ3v) is 7.26. The number of ether oxygens (including phenoxy) is 2. The Bertz CT molecular complexity index is 1320. The minimum atomic E-state index is -3.66. The van der Waals surface area contributed by atoms with Gasteiger partial charge in [0.05, 0.1) is 4.90 Å². The fourth-order valence-corrected chi connectivity index (χ4v) is 4.56. The van der Waals surface area contributed by atoms with Gasteiger partial charge < -0.3 is 14.8 Å². The van der Waals surface area contributed by atoms with E-state index in [-0.39, 0.29) is 23.9 Å². The number of carbonyl (C=O) groups excluding carboxylic acids is 2. The summed E-state index contributed by atoms with van der Waals surface area (Å²) in [5.41, 5.74) is 1.41. The van der Waals surface area contributed by atoms with Crippen molar-refractivity contribution in [2.24, 2.45) is 5.92 Å². The van der Waals surface area contributed by atoms with Crippen LogP contribution in [0.5, 0.6) is 11.5 Å². The predicted molar refractivity (Wildman–Crippen MR) is 126 cm³/mol. The SMILES string of the molecule is CN(C)S(=O)(=O)c1cccc(C[C@@H](C(=O)Nc2ccc3c(c2)OCO3)C(=O)c2ccccc2)c1. The summed E-state index contributed by atoms with van der Waals surface area (Å²) < 4.78 is 36.9. The van der Waals surface area contributed by atoms with Crippen molar-refractivity contribution < 1.29 is 27.5 Å². The Morgan fingerprint density at radius 3 is 2.41 bits per heavy atom. The second-order valence-electron chi connectivity index (χ2n) is 7.98. The average molecular weight is 481 g/mol. The zero-order chi connectivity index (χ0) is 24.3. The standard InChI is InChI=1S/C25H24N2O6S/c1-27(2)34(30,31)20-10-6-7-17(13-20)14-21(24(28)18-8-4-3-5-9-18)25(29)26-19-11-12-22-23(15-19)33-16-32-22/h3-13,15,21H,14,16H2,1-2H3,(H,26,29)/t21-/m1/s1. The van der Waals surface area contributed by atoms with Gasteiger partial charge in [0.2, 0.25) is 22.7 Å². The number of fused-ring (bicyclic) bond motifs is 1. The van der Waals surface area contributed by atoms with Gasteiger partial charge in [0.15, 0.2) is 17.3 Å². The van der Waals surface area contributed by atoms with Crippen molar-refractivity contribution in [1.82, 2.24) is 4.31 Å². The second-order valence-corrected chi connectivity index (χ2v) is 10.1. The first-order valence-electron chi connectivity index (χ1n) is 10.6. The summed E-state index contributed by atoms with van der Waals surface area (Å²) in [6, 6.07) is 19.8. The fourth-order valence-electron chi connectivity index (χ4n) is 3.59. The summed E-state index contributed by atoms with van der Waals surface area (Å²) in [4.78, 5) is 26.7. The molecule has 0 fully saturated rings. The molecule has 1 heterocycles. The molecular weight excluding hydrogens is 456 g/mol. The highest BCUT2D eigenvalue weighted by Gasteiger charge is 2.29. The Labute approximate surface area is 198 Å². The molecule has 0 aliphatic carbocycles. The number of amides is 1. The van der Waals surface area contributed by atoms with E-state index in [4.69, 9.17) is 9.47 Å². The van der Waals surface area contributed by atoms with E-state index >= 15 is 0 Å². The van der Waals surface area contributed by atoms with Crippen molar-refractivity contribution in [1.29, 1.82) is 0 Å². The number of rotatable bonds is 8. The topological polar surface area (TPSA) is 102 Å². The summed E-state index contributed by atoms with van der Waals surface area (Å²) >= 11 is 0. The molecule has 0 aromatic heterocycles. The van der Waals surface area contributed by atoms with Crippen molar-refractivity contribution in [3.63, 3.8) is 0 Å². The molecular formula is C25H24N2O6S. The van der Waals surface area contributed by atoms with Gasteiger partial charge in [-0.1, -0.05) is 42.5 Å². The monoisotopic (exact) mass is 480 g/mol. The van der Waals surface area contributed by atoms with Crippen molar-refractivity contribution in [2.75, 3.05) is 26.2 Å². The number of sulfonamides is 1. The third kappa shape index (κ3) is 4.95. The van der Waals surface area contributed by atoms with Gasteiger partial charge in [-0.3, -0.25) is 9.59 Å². The van der Waals surface area contributed by atoms with E-state index < -0.39 is 21.8 Å². The molecule has 0 saturated heterocycles. The van der Waals surface area contributed by atoms with Crippen molar-refractivity contribution in [3.8, 4) is 11.5 Å². The van der Waals surface area contributed by atoms with Gasteiger partial charge in [-0.2, -0.15) is 0 Å². The molecule has 0 bridgehead atoms. The highest BCUT2D eigenvalue weighted by molar-refractivity contribution is 7.89. The lowest BCUT2D eigenvalue weighted by Crippen LogP contribution is -2.31. The van der Waals surface area contributed by atoms with Gasteiger partial charge >= 0.3 is 0 Å². The minimum Gasteiger partial charge on any atom is -0.454 e. The molecule has 4 rings (SSSR count). The van der Waals surface area contributed by atoms with Crippen LogP contribution in [0.1, 0.15) is 15.9 Å². The lowest BCUT2D eigenvalue weighted by Gasteiger charge is -2.18. The van der Waals surface area contributed by atoms with Crippen LogP contribution in [-0.4, -0.2) is 45.3 Å². The fraction of sp³-hybridized carbons (Fsp3) is 0.200. The number of carbonyl (C=O) groups is 2. The smallest absolute Gasteiger partial charge is 0.242 e. The Kier molecular flexibility index (Phi) is 6.67. The van der Waals surface area contributed by atoms with Crippen LogP contribution in [0, 0.1) is 5.92 Å². The molecule has 9 heteroatoms. The van der Waals surface area contributed by atoms with E-state index in [0.717, 1.165) is 4.31 Å². The van der Waals surface area contributed by atoms with Crippen LogP contribution in [0.2, 0.25) is 0 Å². The number of benzene rings is 3. The normalized spacial score (nSPS) is 13.5. The van der Waals surface area contributed by atoms with Crippen molar-refractivity contribution in [3.05, 3.63) is 83.9 Å². The number of ketones is 1. The first-order valence-corrected chi connectivity index (χ1v) is 12.0. The zero-order valence-electron chi connectivity index (χ0n) is 18.7. The number of hydrogen-bond donors (Lipinski definition) is 1. The van der Waals surface area contributed by atoms with Gasteiger partial charge in [0, 0.05) is 31.4 Å². The molecule has 1 N–H and O–H groups in total.